The van der Waals surface area contributed by atoms with Crippen LogP contribution in [0.4, 0.5) is 0 Å². The second kappa shape index (κ2) is 13.3. The van der Waals surface area contributed by atoms with E-state index in [1.807, 2.05) is 42.5 Å². The van der Waals surface area contributed by atoms with Gasteiger partial charge in [0.25, 0.3) is 5.91 Å². The van der Waals surface area contributed by atoms with Gasteiger partial charge in [0.1, 0.15) is 10.7 Å². The second-order valence-corrected chi connectivity index (χ2v) is 13.9. The number of halogens is 1. The first-order chi connectivity index (χ1) is 20.6. The van der Waals surface area contributed by atoms with Crippen molar-refractivity contribution in [1.82, 2.24) is 10.5 Å². The van der Waals surface area contributed by atoms with Crippen LogP contribution in [0.5, 0.6) is 0 Å². The molecule has 0 aliphatic rings. The highest BCUT2D eigenvalue weighted by Gasteiger charge is 2.22. The molecule has 5 aromatic rings. The van der Waals surface area contributed by atoms with E-state index in [0.717, 1.165) is 32.8 Å². The number of carbonyl (C=O) groups is 1. The van der Waals surface area contributed by atoms with Gasteiger partial charge < -0.3 is 9.84 Å². The van der Waals surface area contributed by atoms with E-state index in [4.69, 9.17) is 16.1 Å². The van der Waals surface area contributed by atoms with Crippen LogP contribution in [-0.2, 0) is 22.5 Å². The average Bonchev–Trinajstić information content (AvgIpc) is 3.67. The number of amides is 1. The van der Waals surface area contributed by atoms with Gasteiger partial charge in [-0.25, -0.2) is 8.42 Å². The van der Waals surface area contributed by atoms with Crippen molar-refractivity contribution in [1.29, 1.82) is 0 Å². The Kier molecular flexibility index (Phi) is 9.49. The third-order valence-corrected chi connectivity index (χ3v) is 9.11. The molecule has 0 bridgehead atoms. The lowest BCUT2D eigenvalue weighted by Crippen LogP contribution is -2.26. The summed E-state index contributed by atoms with van der Waals surface area (Å²) in [5.41, 5.74) is 6.93. The van der Waals surface area contributed by atoms with E-state index in [0.29, 0.717) is 22.8 Å². The monoisotopic (exact) mass is 632 g/mol. The van der Waals surface area contributed by atoms with Crippen molar-refractivity contribution in [2.75, 3.05) is 12.3 Å². The van der Waals surface area contributed by atoms with Gasteiger partial charge in [-0.1, -0.05) is 86.1 Å². The van der Waals surface area contributed by atoms with Crippen LogP contribution in [0.15, 0.2) is 94.8 Å². The van der Waals surface area contributed by atoms with Crippen LogP contribution >= 0.6 is 22.9 Å². The second-order valence-electron chi connectivity index (χ2n) is 11.5. The van der Waals surface area contributed by atoms with Crippen molar-refractivity contribution in [3.8, 4) is 21.8 Å². The Hall–Kier alpha value is -3.72. The molecule has 3 aromatic carbocycles. The van der Waals surface area contributed by atoms with Crippen LogP contribution in [0.2, 0.25) is 5.02 Å². The van der Waals surface area contributed by atoms with E-state index in [1.54, 1.807) is 23.5 Å². The molecule has 0 aliphatic carbocycles. The van der Waals surface area contributed by atoms with Crippen LogP contribution < -0.4 is 5.32 Å². The molecule has 9 heteroatoms. The number of benzene rings is 3. The minimum atomic E-state index is -2.52. The number of thiophene rings is 1. The molecule has 2 aromatic heterocycles. The molecule has 0 radical (unpaired) electrons. The fourth-order valence-corrected chi connectivity index (χ4v) is 6.11. The lowest BCUT2D eigenvalue weighted by atomic mass is 9.83. The van der Waals surface area contributed by atoms with Gasteiger partial charge >= 0.3 is 0 Å². The zero-order valence-electron chi connectivity index (χ0n) is 24.2. The number of aromatic nitrogens is 1. The largest absolute Gasteiger partial charge is 0.355 e. The normalized spacial score (nSPS) is 12.4. The third kappa shape index (κ3) is 7.82. The summed E-state index contributed by atoms with van der Waals surface area (Å²) in [5.74, 6) is 0.258. The van der Waals surface area contributed by atoms with Crippen molar-refractivity contribution in [2.45, 2.75) is 38.5 Å². The zero-order chi connectivity index (χ0) is 30.6. The van der Waals surface area contributed by atoms with Crippen LogP contribution in [-0.4, -0.2) is 31.8 Å². The summed E-state index contributed by atoms with van der Waals surface area (Å²) >= 11 is 7.67. The van der Waals surface area contributed by atoms with E-state index >= 15 is 0 Å². The molecule has 1 atom stereocenters. The quantitative estimate of drug-likeness (QED) is 0.154. The van der Waals surface area contributed by atoms with Gasteiger partial charge in [0, 0.05) is 29.1 Å². The van der Waals surface area contributed by atoms with Crippen LogP contribution in [0.3, 0.4) is 0 Å². The predicted molar refractivity (Wildman–Crippen MR) is 175 cm³/mol. The first-order valence-electron chi connectivity index (χ1n) is 14.0. The summed E-state index contributed by atoms with van der Waals surface area (Å²) in [6.07, 6.45) is 0.653. The Bertz CT molecular complexity index is 1760. The summed E-state index contributed by atoms with van der Waals surface area (Å²) in [7, 11) is -2.52. The Balaban J connectivity index is 1.40. The van der Waals surface area contributed by atoms with E-state index < -0.39 is 10.7 Å². The van der Waals surface area contributed by atoms with E-state index in [1.165, 1.54) is 5.56 Å². The van der Waals surface area contributed by atoms with E-state index in [9.17, 15) is 13.2 Å². The molecule has 1 N–H and O–H groups in total. The van der Waals surface area contributed by atoms with Crippen LogP contribution in [0, 0.1) is 0 Å². The molecular formula is C34H33ClN2O4S2. The summed E-state index contributed by atoms with van der Waals surface area (Å²) < 4.78 is 27.5. The summed E-state index contributed by atoms with van der Waals surface area (Å²) in [6.45, 7) is 6.68. The third-order valence-electron chi connectivity index (χ3n) is 7.32. The molecule has 0 fully saturated rings. The maximum atomic E-state index is 12.4. The van der Waals surface area contributed by atoms with Gasteiger partial charge in [-0.3, -0.25) is 4.79 Å². The van der Waals surface area contributed by atoms with Crippen molar-refractivity contribution in [2.24, 2.45) is 0 Å². The van der Waals surface area contributed by atoms with Gasteiger partial charge in [0.05, 0.1) is 16.3 Å². The van der Waals surface area contributed by atoms with Gasteiger partial charge in [-0.2, -0.15) is 0 Å². The van der Waals surface area contributed by atoms with Gasteiger partial charge in [-0.15, -0.1) is 11.3 Å². The van der Waals surface area contributed by atoms with Crippen LogP contribution in [0.1, 0.15) is 59.4 Å². The standard InChI is InChI=1S/C34H33ClN2O4S2/c1-34(2,3)27-12-8-24(9-13-27)29(18-22-4-6-25(7-5-22)33(38)36-16-17-43(39)40)30-20-31(41-37-30)32-19-26(21-42-32)23-10-14-28(35)15-11-23/h4-15,19-21,29,43H,16-18H2,1-3H3,(H,36,38). The summed E-state index contributed by atoms with van der Waals surface area (Å²) in [4.78, 5) is 13.4. The number of rotatable bonds is 10. The van der Waals surface area contributed by atoms with Gasteiger partial charge in [-0.05, 0) is 75.4 Å². The maximum absolute atomic E-state index is 12.4. The van der Waals surface area contributed by atoms with E-state index in [-0.39, 0.29) is 29.5 Å². The number of thiol groups is 1. The lowest BCUT2D eigenvalue weighted by Gasteiger charge is -2.21. The number of hydrogen-bond donors (Lipinski definition) is 2. The fourth-order valence-electron chi connectivity index (χ4n) is 4.83. The van der Waals surface area contributed by atoms with Crippen molar-refractivity contribution in [3.63, 3.8) is 0 Å². The Morgan fingerprint density at radius 3 is 2.30 bits per heavy atom. The van der Waals surface area contributed by atoms with Gasteiger partial charge in [0.2, 0.25) is 0 Å². The van der Waals surface area contributed by atoms with Crippen molar-refractivity contribution < 1.29 is 17.7 Å². The molecule has 1 unspecified atom stereocenters. The molecule has 222 valence electrons. The van der Waals surface area contributed by atoms with E-state index in [2.05, 4.69) is 67.0 Å². The number of nitrogens with one attached hydrogen (secondary N) is 1. The Labute approximate surface area is 262 Å². The number of nitrogens with zero attached hydrogens (tertiary/aromatic N) is 1. The Morgan fingerprint density at radius 2 is 1.65 bits per heavy atom. The summed E-state index contributed by atoms with van der Waals surface area (Å²) in [6, 6.07) is 27.9. The number of carbonyl (C=O) groups excluding carboxylic acids is 1. The average molecular weight is 633 g/mol. The predicted octanol–water partition coefficient (Wildman–Crippen LogP) is 7.74. The van der Waals surface area contributed by atoms with Crippen molar-refractivity contribution in [3.05, 3.63) is 123 Å². The highest BCUT2D eigenvalue weighted by molar-refractivity contribution is 7.72. The molecule has 6 nitrogen and oxygen atoms in total. The lowest BCUT2D eigenvalue weighted by molar-refractivity contribution is 0.0956. The minimum absolute atomic E-state index is 0.0375. The maximum Gasteiger partial charge on any atom is 0.251 e. The molecule has 43 heavy (non-hydrogen) atoms. The molecule has 2 heterocycles. The smallest absolute Gasteiger partial charge is 0.251 e. The highest BCUT2D eigenvalue weighted by atomic mass is 35.5. The Morgan fingerprint density at radius 1 is 0.953 bits per heavy atom. The molecule has 0 saturated carbocycles. The highest BCUT2D eigenvalue weighted by Crippen LogP contribution is 2.36. The zero-order valence-corrected chi connectivity index (χ0v) is 26.6. The fraction of sp³-hybridized carbons (Fsp3) is 0.235. The van der Waals surface area contributed by atoms with Crippen LogP contribution in [0.25, 0.3) is 21.8 Å². The molecule has 0 saturated heterocycles. The number of hydrogen-bond acceptors (Lipinski definition) is 6. The first-order valence-corrected chi connectivity index (χ1v) is 16.6. The first kappa shape index (κ1) is 30.7. The molecule has 0 spiro atoms. The summed E-state index contributed by atoms with van der Waals surface area (Å²) in [5, 5.41) is 9.97. The van der Waals surface area contributed by atoms with Crippen molar-refractivity contribution >= 4 is 39.5 Å². The SMILES string of the molecule is CC(C)(C)c1ccc(C(Cc2ccc(C(=O)NCC[SH](=O)=O)cc2)c2cc(-c3cc(-c4ccc(Cl)cc4)cs3)on2)cc1. The minimum Gasteiger partial charge on any atom is -0.355 e. The topological polar surface area (TPSA) is 89.3 Å². The molecule has 0 aliphatic heterocycles. The molecule has 5 rings (SSSR count). The van der Waals surface area contributed by atoms with Gasteiger partial charge in [0.15, 0.2) is 5.76 Å². The molecular weight excluding hydrogens is 600 g/mol. The molecule has 1 amide bonds.